The van der Waals surface area contributed by atoms with Crippen LogP contribution in [0, 0.1) is 5.82 Å². The van der Waals surface area contributed by atoms with Gasteiger partial charge in [-0.1, -0.05) is 24.4 Å². The first-order chi connectivity index (χ1) is 8.65. The minimum atomic E-state index is -0.343. The average Bonchev–Trinajstić information content (AvgIpc) is 2.83. The monoisotopic (exact) mass is 271 g/mol. The van der Waals surface area contributed by atoms with Gasteiger partial charge in [0, 0.05) is 12.6 Å². The van der Waals surface area contributed by atoms with Gasteiger partial charge in [0.05, 0.1) is 5.02 Å². The van der Waals surface area contributed by atoms with Crippen molar-refractivity contribution in [2.24, 2.45) is 0 Å². The molecule has 1 aliphatic rings. The van der Waals surface area contributed by atoms with Gasteiger partial charge in [-0.3, -0.25) is 0 Å². The number of halogens is 2. The maximum Gasteiger partial charge on any atom is 0.138 e. The quantitative estimate of drug-likeness (QED) is 0.880. The number of benzene rings is 1. The fourth-order valence-electron chi connectivity index (χ4n) is 2.29. The molecule has 0 spiro atoms. The highest BCUT2D eigenvalue weighted by Gasteiger charge is 2.16. The van der Waals surface area contributed by atoms with Crippen molar-refractivity contribution in [1.29, 1.82) is 0 Å². The first-order valence-electron chi connectivity index (χ1n) is 6.50. The maximum atomic E-state index is 12.9. The fourth-order valence-corrected chi connectivity index (χ4v) is 2.50. The molecule has 1 aliphatic carbocycles. The number of ether oxygens (including phenoxy) is 1. The molecule has 0 saturated heterocycles. The van der Waals surface area contributed by atoms with Crippen molar-refractivity contribution in [3.63, 3.8) is 0 Å². The van der Waals surface area contributed by atoms with Crippen LogP contribution in [0.5, 0.6) is 5.75 Å². The Morgan fingerprint density at radius 2 is 2.17 bits per heavy atom. The minimum absolute atomic E-state index is 0.0218. The molecule has 4 heteroatoms. The second kappa shape index (κ2) is 6.39. The second-order valence-electron chi connectivity index (χ2n) is 4.89. The number of hydrogen-bond acceptors (Lipinski definition) is 2. The van der Waals surface area contributed by atoms with Gasteiger partial charge in [-0.05, 0) is 38.0 Å². The summed E-state index contributed by atoms with van der Waals surface area (Å²) in [7, 11) is 0. The Labute approximate surface area is 112 Å². The predicted octanol–water partition coefficient (Wildman–Crippen LogP) is 3.78. The third-order valence-electron chi connectivity index (χ3n) is 3.27. The van der Waals surface area contributed by atoms with Crippen molar-refractivity contribution in [1.82, 2.24) is 5.32 Å². The fraction of sp³-hybridized carbons (Fsp3) is 0.571. The Kier molecular flexibility index (Phi) is 4.84. The van der Waals surface area contributed by atoms with E-state index >= 15 is 0 Å². The molecule has 1 fully saturated rings. The summed E-state index contributed by atoms with van der Waals surface area (Å²) in [5.74, 6) is 0.197. The first kappa shape index (κ1) is 13.6. The van der Waals surface area contributed by atoms with E-state index in [-0.39, 0.29) is 11.9 Å². The van der Waals surface area contributed by atoms with Crippen LogP contribution >= 0.6 is 11.6 Å². The standard InChI is InChI=1S/C14H19ClFNO/c1-10(9-17-12-4-2-3-5-12)18-14-7-6-11(16)8-13(14)15/h6-8,10,12,17H,2-5,9H2,1H3. The lowest BCUT2D eigenvalue weighted by molar-refractivity contribution is 0.211. The van der Waals surface area contributed by atoms with Crippen molar-refractivity contribution in [3.05, 3.63) is 29.0 Å². The second-order valence-corrected chi connectivity index (χ2v) is 5.30. The molecule has 1 aromatic rings. The lowest BCUT2D eigenvalue weighted by Crippen LogP contribution is -2.35. The molecule has 1 atom stereocenters. The van der Waals surface area contributed by atoms with Crippen LogP contribution in [-0.2, 0) is 0 Å². The molecule has 1 N–H and O–H groups in total. The Balaban J connectivity index is 1.80. The summed E-state index contributed by atoms with van der Waals surface area (Å²) >= 11 is 5.92. The van der Waals surface area contributed by atoms with Gasteiger partial charge in [-0.15, -0.1) is 0 Å². The zero-order valence-electron chi connectivity index (χ0n) is 10.6. The van der Waals surface area contributed by atoms with E-state index in [0.29, 0.717) is 16.8 Å². The van der Waals surface area contributed by atoms with E-state index in [1.165, 1.54) is 37.8 Å². The van der Waals surface area contributed by atoms with Crippen molar-refractivity contribution < 1.29 is 9.13 Å². The van der Waals surface area contributed by atoms with Gasteiger partial charge >= 0.3 is 0 Å². The minimum Gasteiger partial charge on any atom is -0.488 e. The number of rotatable bonds is 5. The number of hydrogen-bond donors (Lipinski definition) is 1. The molecule has 0 aromatic heterocycles. The van der Waals surface area contributed by atoms with Crippen LogP contribution in [0.25, 0.3) is 0 Å². The van der Waals surface area contributed by atoms with E-state index in [9.17, 15) is 4.39 Å². The number of nitrogens with one attached hydrogen (secondary N) is 1. The Morgan fingerprint density at radius 1 is 1.44 bits per heavy atom. The summed E-state index contributed by atoms with van der Waals surface area (Å²) in [6, 6.07) is 4.83. The Morgan fingerprint density at radius 3 is 2.83 bits per heavy atom. The van der Waals surface area contributed by atoms with Crippen LogP contribution < -0.4 is 10.1 Å². The van der Waals surface area contributed by atoms with E-state index in [2.05, 4.69) is 5.32 Å². The van der Waals surface area contributed by atoms with Crippen LogP contribution in [0.4, 0.5) is 4.39 Å². The van der Waals surface area contributed by atoms with Gasteiger partial charge in [0.1, 0.15) is 17.7 Å². The molecule has 0 bridgehead atoms. The van der Waals surface area contributed by atoms with Crippen molar-refractivity contribution >= 4 is 11.6 Å². The van der Waals surface area contributed by atoms with E-state index < -0.39 is 0 Å². The third kappa shape index (κ3) is 3.85. The summed E-state index contributed by atoms with van der Waals surface area (Å²) in [5.41, 5.74) is 0. The molecule has 0 aliphatic heterocycles. The Bertz CT molecular complexity index is 393. The average molecular weight is 272 g/mol. The summed E-state index contributed by atoms with van der Waals surface area (Å²) in [4.78, 5) is 0. The topological polar surface area (TPSA) is 21.3 Å². The first-order valence-corrected chi connectivity index (χ1v) is 6.88. The molecule has 1 unspecified atom stereocenters. The van der Waals surface area contributed by atoms with Gasteiger partial charge in [0.25, 0.3) is 0 Å². The summed E-state index contributed by atoms with van der Waals surface area (Å²) in [6.07, 6.45) is 5.16. The smallest absolute Gasteiger partial charge is 0.138 e. The molecule has 2 rings (SSSR count). The lowest BCUT2D eigenvalue weighted by atomic mass is 10.2. The molecule has 2 nitrogen and oxygen atoms in total. The van der Waals surface area contributed by atoms with Gasteiger partial charge in [-0.25, -0.2) is 4.39 Å². The Hall–Kier alpha value is -0.800. The molecule has 1 aromatic carbocycles. The molecule has 0 heterocycles. The van der Waals surface area contributed by atoms with E-state index in [4.69, 9.17) is 16.3 Å². The van der Waals surface area contributed by atoms with Gasteiger partial charge < -0.3 is 10.1 Å². The van der Waals surface area contributed by atoms with Crippen LogP contribution in [0.1, 0.15) is 32.6 Å². The predicted molar refractivity (Wildman–Crippen MR) is 71.8 cm³/mol. The van der Waals surface area contributed by atoms with E-state index in [1.54, 1.807) is 6.07 Å². The highest BCUT2D eigenvalue weighted by molar-refractivity contribution is 6.32. The highest BCUT2D eigenvalue weighted by atomic mass is 35.5. The highest BCUT2D eigenvalue weighted by Crippen LogP contribution is 2.25. The zero-order valence-corrected chi connectivity index (χ0v) is 11.3. The summed E-state index contributed by atoms with van der Waals surface area (Å²) in [6.45, 7) is 2.78. The normalized spacial score (nSPS) is 17.9. The van der Waals surface area contributed by atoms with Crippen molar-refractivity contribution in [3.8, 4) is 5.75 Å². The molecular weight excluding hydrogens is 253 g/mol. The SMILES string of the molecule is CC(CNC1CCCC1)Oc1ccc(F)cc1Cl. The van der Waals surface area contributed by atoms with E-state index in [1.807, 2.05) is 6.92 Å². The summed E-state index contributed by atoms with van der Waals surface area (Å²) in [5, 5.41) is 3.81. The largest absolute Gasteiger partial charge is 0.488 e. The van der Waals surface area contributed by atoms with Gasteiger partial charge in [0.15, 0.2) is 0 Å². The van der Waals surface area contributed by atoms with Crippen LogP contribution in [0.2, 0.25) is 5.02 Å². The van der Waals surface area contributed by atoms with Gasteiger partial charge in [0.2, 0.25) is 0 Å². The molecule has 1 saturated carbocycles. The molecule has 0 amide bonds. The maximum absolute atomic E-state index is 12.9. The van der Waals surface area contributed by atoms with Crippen LogP contribution in [0.15, 0.2) is 18.2 Å². The van der Waals surface area contributed by atoms with Crippen molar-refractivity contribution in [2.45, 2.75) is 44.8 Å². The molecule has 18 heavy (non-hydrogen) atoms. The van der Waals surface area contributed by atoms with Gasteiger partial charge in [-0.2, -0.15) is 0 Å². The molecular formula is C14H19ClFNO. The molecule has 100 valence electrons. The van der Waals surface area contributed by atoms with E-state index in [0.717, 1.165) is 6.54 Å². The summed E-state index contributed by atoms with van der Waals surface area (Å²) < 4.78 is 18.6. The van der Waals surface area contributed by atoms with Crippen molar-refractivity contribution in [2.75, 3.05) is 6.54 Å². The zero-order chi connectivity index (χ0) is 13.0. The third-order valence-corrected chi connectivity index (χ3v) is 3.57. The molecule has 0 radical (unpaired) electrons. The van der Waals surface area contributed by atoms with Crippen LogP contribution in [0.3, 0.4) is 0 Å². The lowest BCUT2D eigenvalue weighted by Gasteiger charge is -2.19. The van der Waals surface area contributed by atoms with Crippen LogP contribution in [-0.4, -0.2) is 18.7 Å².